The van der Waals surface area contributed by atoms with Crippen LogP contribution in [0.4, 0.5) is 5.69 Å². The number of nitro groups is 1. The molecule has 0 aliphatic rings. The third kappa shape index (κ3) is 3.57. The van der Waals surface area contributed by atoms with Gasteiger partial charge in [-0.3, -0.25) is 10.1 Å². The normalized spacial score (nSPS) is 13.1. The van der Waals surface area contributed by atoms with Crippen molar-refractivity contribution < 1.29 is 4.92 Å². The molecule has 0 bridgehead atoms. The monoisotopic (exact) mass is 307 g/mol. The Morgan fingerprint density at radius 3 is 2.71 bits per heavy atom. The highest BCUT2D eigenvalue weighted by molar-refractivity contribution is 7.99. The first-order valence-electron chi connectivity index (χ1n) is 6.49. The van der Waals surface area contributed by atoms with E-state index in [0.717, 1.165) is 5.56 Å². The van der Waals surface area contributed by atoms with Crippen molar-refractivity contribution in [2.75, 3.05) is 0 Å². The molecule has 0 aliphatic carbocycles. The van der Waals surface area contributed by atoms with Crippen LogP contribution in [-0.2, 0) is 5.54 Å². The van der Waals surface area contributed by atoms with Crippen molar-refractivity contribution in [2.45, 2.75) is 43.6 Å². The minimum absolute atomic E-state index is 0.0111. The van der Waals surface area contributed by atoms with Crippen LogP contribution < -0.4 is 0 Å². The molecule has 1 atom stereocenters. The molecule has 1 heterocycles. The van der Waals surface area contributed by atoms with E-state index in [9.17, 15) is 10.1 Å². The summed E-state index contributed by atoms with van der Waals surface area (Å²) in [6, 6.07) is 6.64. The lowest BCUT2D eigenvalue weighted by Gasteiger charge is -2.20. The maximum atomic E-state index is 10.8. The molecule has 8 heteroatoms. The standard InChI is InChI=1S/C13H17N5O2S/c1-9(10-6-5-7-11(8-10)18(19)20)21-12-14-15-16-17(12)13(2,3)4/h5-9H,1-4H3. The molecule has 1 aromatic heterocycles. The smallest absolute Gasteiger partial charge is 0.258 e. The fraction of sp³-hybridized carbons (Fsp3) is 0.462. The predicted octanol–water partition coefficient (Wildman–Crippen LogP) is 3.19. The Morgan fingerprint density at radius 2 is 2.10 bits per heavy atom. The molecule has 1 unspecified atom stereocenters. The van der Waals surface area contributed by atoms with Gasteiger partial charge in [0.05, 0.1) is 10.5 Å². The SMILES string of the molecule is CC(Sc1nnnn1C(C)(C)C)c1cccc([N+](=O)[O-])c1. The predicted molar refractivity (Wildman–Crippen MR) is 80.2 cm³/mol. The number of benzene rings is 1. The molecule has 21 heavy (non-hydrogen) atoms. The van der Waals surface area contributed by atoms with E-state index in [0.29, 0.717) is 5.16 Å². The molecule has 0 aliphatic heterocycles. The first kappa shape index (κ1) is 15.4. The number of nitro benzene ring substituents is 1. The van der Waals surface area contributed by atoms with Gasteiger partial charge in [0.2, 0.25) is 5.16 Å². The first-order chi connectivity index (χ1) is 9.79. The van der Waals surface area contributed by atoms with Gasteiger partial charge < -0.3 is 0 Å². The van der Waals surface area contributed by atoms with E-state index < -0.39 is 0 Å². The number of tetrazole rings is 1. The van der Waals surface area contributed by atoms with Crippen LogP contribution in [-0.4, -0.2) is 25.1 Å². The molecule has 0 saturated heterocycles. The molecular weight excluding hydrogens is 290 g/mol. The molecule has 0 N–H and O–H groups in total. The third-order valence-electron chi connectivity index (χ3n) is 2.91. The van der Waals surface area contributed by atoms with E-state index in [4.69, 9.17) is 0 Å². The van der Waals surface area contributed by atoms with Crippen LogP contribution in [0, 0.1) is 10.1 Å². The number of thioether (sulfide) groups is 1. The van der Waals surface area contributed by atoms with Gasteiger partial charge in [-0.1, -0.05) is 23.9 Å². The summed E-state index contributed by atoms with van der Waals surface area (Å²) >= 11 is 1.48. The number of hydrogen-bond acceptors (Lipinski definition) is 6. The van der Waals surface area contributed by atoms with Crippen LogP contribution in [0.3, 0.4) is 0 Å². The summed E-state index contributed by atoms with van der Waals surface area (Å²) in [7, 11) is 0. The van der Waals surface area contributed by atoms with E-state index in [1.54, 1.807) is 16.8 Å². The van der Waals surface area contributed by atoms with Crippen LogP contribution in [0.1, 0.15) is 38.5 Å². The van der Waals surface area contributed by atoms with Crippen molar-refractivity contribution in [3.63, 3.8) is 0 Å². The Morgan fingerprint density at radius 1 is 1.38 bits per heavy atom. The molecule has 1 aromatic carbocycles. The average Bonchev–Trinajstić information content (AvgIpc) is 2.87. The maximum absolute atomic E-state index is 10.8. The van der Waals surface area contributed by atoms with E-state index in [2.05, 4.69) is 15.5 Å². The second-order valence-electron chi connectivity index (χ2n) is 5.66. The van der Waals surface area contributed by atoms with E-state index in [1.165, 1.54) is 17.8 Å². The van der Waals surface area contributed by atoms with Gasteiger partial charge in [0.1, 0.15) is 0 Å². The number of hydrogen-bond donors (Lipinski definition) is 0. The molecule has 2 rings (SSSR count). The Balaban J connectivity index is 2.23. The van der Waals surface area contributed by atoms with Crippen molar-refractivity contribution in [3.05, 3.63) is 39.9 Å². The summed E-state index contributed by atoms with van der Waals surface area (Å²) in [6.07, 6.45) is 0. The van der Waals surface area contributed by atoms with Crippen molar-refractivity contribution in [2.24, 2.45) is 0 Å². The lowest BCUT2D eigenvalue weighted by molar-refractivity contribution is -0.384. The minimum atomic E-state index is -0.389. The number of non-ortho nitro benzene ring substituents is 1. The topological polar surface area (TPSA) is 86.7 Å². The zero-order valence-corrected chi connectivity index (χ0v) is 13.2. The lowest BCUT2D eigenvalue weighted by atomic mass is 10.1. The quantitative estimate of drug-likeness (QED) is 0.490. The Bertz CT molecular complexity index is 650. The summed E-state index contributed by atoms with van der Waals surface area (Å²) < 4.78 is 1.76. The van der Waals surface area contributed by atoms with Crippen molar-refractivity contribution in [1.82, 2.24) is 20.2 Å². The highest BCUT2D eigenvalue weighted by atomic mass is 32.2. The summed E-state index contributed by atoms with van der Waals surface area (Å²) in [5.74, 6) is 0. The molecule has 0 saturated carbocycles. The Hall–Kier alpha value is -1.96. The van der Waals surface area contributed by atoms with Crippen LogP contribution in [0.15, 0.2) is 29.4 Å². The second kappa shape index (κ2) is 5.80. The van der Waals surface area contributed by atoms with Gasteiger partial charge >= 0.3 is 0 Å². The van der Waals surface area contributed by atoms with Gasteiger partial charge in [0.25, 0.3) is 5.69 Å². The van der Waals surface area contributed by atoms with E-state index in [1.807, 2.05) is 33.8 Å². The number of rotatable bonds is 4. The lowest BCUT2D eigenvalue weighted by Crippen LogP contribution is -2.24. The van der Waals surface area contributed by atoms with Crippen LogP contribution in [0.25, 0.3) is 0 Å². The largest absolute Gasteiger partial charge is 0.269 e. The van der Waals surface area contributed by atoms with Crippen LogP contribution in [0.2, 0.25) is 0 Å². The molecule has 0 radical (unpaired) electrons. The van der Waals surface area contributed by atoms with E-state index in [-0.39, 0.29) is 21.4 Å². The number of nitrogens with zero attached hydrogens (tertiary/aromatic N) is 5. The highest BCUT2D eigenvalue weighted by Gasteiger charge is 2.22. The molecule has 0 amide bonds. The number of aromatic nitrogens is 4. The molecule has 0 spiro atoms. The van der Waals surface area contributed by atoms with Gasteiger partial charge in [-0.05, 0) is 43.7 Å². The van der Waals surface area contributed by atoms with Gasteiger partial charge in [-0.15, -0.1) is 5.10 Å². The fourth-order valence-corrected chi connectivity index (χ4v) is 2.88. The Kier molecular flexibility index (Phi) is 4.26. The summed E-state index contributed by atoms with van der Waals surface area (Å²) in [4.78, 5) is 10.5. The van der Waals surface area contributed by atoms with Gasteiger partial charge in [0, 0.05) is 17.4 Å². The maximum Gasteiger partial charge on any atom is 0.269 e. The highest BCUT2D eigenvalue weighted by Crippen LogP contribution is 2.35. The molecule has 0 fully saturated rings. The van der Waals surface area contributed by atoms with Crippen molar-refractivity contribution in [3.8, 4) is 0 Å². The van der Waals surface area contributed by atoms with E-state index >= 15 is 0 Å². The average molecular weight is 307 g/mol. The first-order valence-corrected chi connectivity index (χ1v) is 7.37. The summed E-state index contributed by atoms with van der Waals surface area (Å²) in [6.45, 7) is 8.04. The van der Waals surface area contributed by atoms with Crippen LogP contribution in [0.5, 0.6) is 0 Å². The summed E-state index contributed by atoms with van der Waals surface area (Å²) in [5.41, 5.74) is 0.752. The molecule has 112 valence electrons. The molecular formula is C13H17N5O2S. The minimum Gasteiger partial charge on any atom is -0.258 e. The van der Waals surface area contributed by atoms with Crippen molar-refractivity contribution >= 4 is 17.4 Å². The third-order valence-corrected chi connectivity index (χ3v) is 4.00. The van der Waals surface area contributed by atoms with Gasteiger partial charge in [-0.2, -0.15) is 0 Å². The van der Waals surface area contributed by atoms with Gasteiger partial charge in [-0.25, -0.2) is 4.68 Å². The van der Waals surface area contributed by atoms with Crippen molar-refractivity contribution in [1.29, 1.82) is 0 Å². The molecule has 2 aromatic rings. The zero-order valence-electron chi connectivity index (χ0n) is 12.3. The van der Waals surface area contributed by atoms with Crippen LogP contribution >= 0.6 is 11.8 Å². The van der Waals surface area contributed by atoms with Gasteiger partial charge in [0.15, 0.2) is 0 Å². The zero-order chi connectivity index (χ0) is 15.6. The Labute approximate surface area is 126 Å². The summed E-state index contributed by atoms with van der Waals surface area (Å²) in [5, 5.41) is 23.3. The molecule has 7 nitrogen and oxygen atoms in total. The second-order valence-corrected chi connectivity index (χ2v) is 6.96. The fourth-order valence-electron chi connectivity index (χ4n) is 1.79.